The number of thioether (sulfide) groups is 1. The minimum absolute atomic E-state index is 0.153. The summed E-state index contributed by atoms with van der Waals surface area (Å²) in [6, 6.07) is 18.5. The number of carbonyl (C=O) groups is 2. The highest BCUT2D eigenvalue weighted by Crippen LogP contribution is 2.28. The summed E-state index contributed by atoms with van der Waals surface area (Å²) in [5.74, 6) is 0.382. The highest BCUT2D eigenvalue weighted by atomic mass is 32.2. The van der Waals surface area contributed by atoms with Crippen LogP contribution in [0.5, 0.6) is 0 Å². The van der Waals surface area contributed by atoms with Gasteiger partial charge in [-0.2, -0.15) is 0 Å². The molecule has 10 heteroatoms. The van der Waals surface area contributed by atoms with Crippen LogP contribution in [0.2, 0.25) is 0 Å². The second kappa shape index (κ2) is 11.0. The highest BCUT2D eigenvalue weighted by molar-refractivity contribution is 8.01. The molecule has 0 aliphatic heterocycles. The molecule has 2 N–H and O–H groups in total. The van der Waals surface area contributed by atoms with E-state index < -0.39 is 0 Å². The molecule has 0 fully saturated rings. The summed E-state index contributed by atoms with van der Waals surface area (Å²) < 4.78 is 5.93. The summed E-state index contributed by atoms with van der Waals surface area (Å²) in [6.45, 7) is 2.30. The van der Waals surface area contributed by atoms with Crippen LogP contribution in [0.15, 0.2) is 75.7 Å². The molecule has 174 valence electrons. The Labute approximate surface area is 205 Å². The van der Waals surface area contributed by atoms with E-state index in [1.165, 1.54) is 33.6 Å². The minimum atomic E-state index is -0.282. The molecule has 0 spiro atoms. The topological polar surface area (TPSA) is 100 Å². The van der Waals surface area contributed by atoms with Crippen molar-refractivity contribution in [2.24, 2.45) is 0 Å². The monoisotopic (exact) mass is 493 g/mol. The highest BCUT2D eigenvalue weighted by Gasteiger charge is 2.19. The first-order valence-corrected chi connectivity index (χ1v) is 12.3. The Balaban J connectivity index is 1.34. The largest absolute Gasteiger partial charge is 0.467 e. The number of aromatic nitrogens is 2. The number of amides is 2. The average molecular weight is 494 g/mol. The molecule has 4 aromatic rings. The molecule has 2 amide bonds. The van der Waals surface area contributed by atoms with Gasteiger partial charge in [-0.15, -0.1) is 10.2 Å². The Hall–Kier alpha value is -3.63. The fourth-order valence-corrected chi connectivity index (χ4v) is 4.75. The van der Waals surface area contributed by atoms with Crippen molar-refractivity contribution in [3.05, 3.63) is 83.8 Å². The van der Waals surface area contributed by atoms with Gasteiger partial charge in [0.1, 0.15) is 5.76 Å². The van der Waals surface area contributed by atoms with Crippen molar-refractivity contribution in [1.29, 1.82) is 0 Å². The first-order chi connectivity index (χ1) is 16.5. The van der Waals surface area contributed by atoms with Crippen molar-refractivity contribution in [3.8, 4) is 0 Å². The van der Waals surface area contributed by atoms with E-state index in [-0.39, 0.29) is 24.1 Å². The Morgan fingerprint density at radius 2 is 1.85 bits per heavy atom. The fraction of sp³-hybridized carbons (Fsp3) is 0.167. The summed E-state index contributed by atoms with van der Waals surface area (Å²) in [5, 5.41) is 15.0. The van der Waals surface area contributed by atoms with Gasteiger partial charge in [-0.25, -0.2) is 0 Å². The fourth-order valence-electron chi connectivity index (χ4n) is 3.07. The van der Waals surface area contributed by atoms with Crippen LogP contribution in [-0.2, 0) is 11.3 Å². The van der Waals surface area contributed by atoms with Gasteiger partial charge >= 0.3 is 0 Å². The van der Waals surface area contributed by atoms with Crippen molar-refractivity contribution < 1.29 is 14.0 Å². The molecule has 0 aliphatic rings. The summed E-state index contributed by atoms with van der Waals surface area (Å²) >= 11 is 2.69. The lowest BCUT2D eigenvalue weighted by molar-refractivity contribution is -0.115. The molecule has 0 bridgehead atoms. The van der Waals surface area contributed by atoms with Crippen LogP contribution in [0.25, 0.3) is 0 Å². The first-order valence-electron chi connectivity index (χ1n) is 10.5. The van der Waals surface area contributed by atoms with Gasteiger partial charge in [-0.05, 0) is 43.3 Å². The van der Waals surface area contributed by atoms with Crippen LogP contribution >= 0.6 is 23.1 Å². The molecular formula is C24H23N5O3S2. The predicted molar refractivity (Wildman–Crippen MR) is 135 cm³/mol. The Morgan fingerprint density at radius 3 is 2.62 bits per heavy atom. The predicted octanol–water partition coefficient (Wildman–Crippen LogP) is 4.87. The second-order valence-corrected chi connectivity index (χ2v) is 9.58. The lowest BCUT2D eigenvalue weighted by atomic mass is 10.1. The number of anilines is 3. The number of nitrogens with one attached hydrogen (secondary N) is 2. The van der Waals surface area contributed by atoms with E-state index in [9.17, 15) is 9.59 Å². The lowest BCUT2D eigenvalue weighted by Crippen LogP contribution is -2.31. The van der Waals surface area contributed by atoms with Gasteiger partial charge in [-0.1, -0.05) is 52.9 Å². The smallest absolute Gasteiger partial charge is 0.253 e. The Morgan fingerprint density at radius 1 is 1.06 bits per heavy atom. The molecule has 2 aromatic heterocycles. The summed E-state index contributed by atoms with van der Waals surface area (Å²) in [6.07, 6.45) is 1.55. The lowest BCUT2D eigenvalue weighted by Gasteiger charge is -2.20. The normalized spacial score (nSPS) is 10.6. The number of nitrogens with zero attached hydrogens (tertiary/aromatic N) is 3. The zero-order valence-corrected chi connectivity index (χ0v) is 20.3. The maximum atomic E-state index is 12.9. The standard InChI is InChI=1S/C24H23N5O3S2/c1-16-9-11-17(12-10-16)26-23-27-28-24(34-23)33-15-21(30)29(2)20-8-4-3-7-19(20)22(31)25-14-18-6-5-13-32-18/h3-13H,14-15H2,1-2H3,(H,25,31)(H,26,27). The Kier molecular flexibility index (Phi) is 7.61. The number of furan rings is 1. The summed E-state index contributed by atoms with van der Waals surface area (Å²) in [4.78, 5) is 27.1. The maximum absolute atomic E-state index is 12.9. The molecule has 2 aromatic carbocycles. The van der Waals surface area contributed by atoms with E-state index in [1.54, 1.807) is 49.7 Å². The van der Waals surface area contributed by atoms with E-state index in [0.29, 0.717) is 26.5 Å². The molecule has 0 saturated heterocycles. The van der Waals surface area contributed by atoms with Gasteiger partial charge in [0.05, 0.1) is 29.8 Å². The van der Waals surface area contributed by atoms with Crippen molar-refractivity contribution >= 4 is 51.4 Å². The SMILES string of the molecule is Cc1ccc(Nc2nnc(SCC(=O)N(C)c3ccccc3C(=O)NCc3ccco3)s2)cc1. The van der Waals surface area contributed by atoms with Gasteiger partial charge in [0, 0.05) is 12.7 Å². The third-order valence-electron chi connectivity index (χ3n) is 4.92. The van der Waals surface area contributed by atoms with E-state index in [2.05, 4.69) is 20.8 Å². The molecule has 8 nitrogen and oxygen atoms in total. The molecular weight excluding hydrogens is 470 g/mol. The van der Waals surface area contributed by atoms with Crippen LogP contribution in [0, 0.1) is 6.92 Å². The third kappa shape index (κ3) is 6.03. The van der Waals surface area contributed by atoms with E-state index in [0.717, 1.165) is 5.69 Å². The van der Waals surface area contributed by atoms with Crippen molar-refractivity contribution in [3.63, 3.8) is 0 Å². The quantitative estimate of drug-likeness (QED) is 0.321. The van der Waals surface area contributed by atoms with Gasteiger partial charge in [-0.3, -0.25) is 9.59 Å². The first kappa shape index (κ1) is 23.5. The molecule has 2 heterocycles. The number of hydrogen-bond acceptors (Lipinski definition) is 8. The minimum Gasteiger partial charge on any atom is -0.467 e. The van der Waals surface area contributed by atoms with E-state index in [4.69, 9.17) is 4.42 Å². The van der Waals surface area contributed by atoms with Crippen molar-refractivity contribution in [1.82, 2.24) is 15.5 Å². The summed E-state index contributed by atoms with van der Waals surface area (Å²) in [5.41, 5.74) is 3.05. The molecule has 0 unspecified atom stereocenters. The molecule has 0 aliphatic carbocycles. The number of hydrogen-bond donors (Lipinski definition) is 2. The van der Waals surface area contributed by atoms with Crippen LogP contribution < -0.4 is 15.5 Å². The number of aryl methyl sites for hydroxylation is 1. The van der Waals surface area contributed by atoms with E-state index >= 15 is 0 Å². The van der Waals surface area contributed by atoms with Crippen LogP contribution in [0.3, 0.4) is 0 Å². The molecule has 34 heavy (non-hydrogen) atoms. The molecule has 0 radical (unpaired) electrons. The number of rotatable bonds is 9. The molecule has 4 rings (SSSR count). The number of carbonyl (C=O) groups excluding carboxylic acids is 2. The van der Waals surface area contributed by atoms with Gasteiger partial charge < -0.3 is 20.0 Å². The van der Waals surface area contributed by atoms with Crippen LogP contribution in [0.4, 0.5) is 16.5 Å². The van der Waals surface area contributed by atoms with Crippen molar-refractivity contribution in [2.45, 2.75) is 17.8 Å². The molecule has 0 saturated carbocycles. The zero-order chi connectivity index (χ0) is 23.9. The van der Waals surface area contributed by atoms with E-state index in [1.807, 2.05) is 31.2 Å². The van der Waals surface area contributed by atoms with Gasteiger partial charge in [0.15, 0.2) is 4.34 Å². The van der Waals surface area contributed by atoms with Crippen LogP contribution in [-0.4, -0.2) is 34.8 Å². The number of benzene rings is 2. The number of para-hydroxylation sites is 1. The van der Waals surface area contributed by atoms with Gasteiger partial charge in [0.2, 0.25) is 11.0 Å². The van der Waals surface area contributed by atoms with Crippen LogP contribution in [0.1, 0.15) is 21.7 Å². The Bertz CT molecular complexity index is 1260. The maximum Gasteiger partial charge on any atom is 0.253 e. The average Bonchev–Trinajstić information content (AvgIpc) is 3.54. The van der Waals surface area contributed by atoms with Crippen molar-refractivity contribution in [2.75, 3.05) is 23.0 Å². The van der Waals surface area contributed by atoms with Gasteiger partial charge in [0.25, 0.3) is 5.91 Å². The molecule has 0 atom stereocenters. The summed E-state index contributed by atoms with van der Waals surface area (Å²) in [7, 11) is 1.66. The third-order valence-corrected chi connectivity index (χ3v) is 6.87. The zero-order valence-electron chi connectivity index (χ0n) is 18.6. The second-order valence-electron chi connectivity index (χ2n) is 7.38.